The summed E-state index contributed by atoms with van der Waals surface area (Å²) in [5, 5.41) is 8.63. The second kappa shape index (κ2) is 269. The molecule has 0 aliphatic rings. The molecule has 0 aromatic rings. The van der Waals surface area contributed by atoms with Crippen molar-refractivity contribution in [3.63, 3.8) is 0 Å². The van der Waals surface area contributed by atoms with E-state index < -0.39 is 0 Å². The lowest BCUT2D eigenvalue weighted by atomic mass is 11.8. The maximum Gasteiger partial charge on any atom is 0.130 e. The predicted molar refractivity (Wildman–Crippen MR) is 29.1 cm³/mol. The van der Waals surface area contributed by atoms with Crippen LogP contribution in [0.25, 0.3) is 0 Å². The molecule has 0 saturated heterocycles. The molecule has 0 rings (SSSR count). The van der Waals surface area contributed by atoms with Crippen molar-refractivity contribution in [3.8, 4) is 5.40 Å². The van der Waals surface area contributed by atoms with E-state index >= 15 is 0 Å². The van der Waals surface area contributed by atoms with Gasteiger partial charge in [0.05, 0.1) is 0 Å². The molecule has 0 fully saturated rings. The molecule has 5 nitrogen and oxygen atoms in total. The van der Waals surface area contributed by atoms with Gasteiger partial charge in [-0.2, -0.15) is 5.26 Å². The van der Waals surface area contributed by atoms with Crippen LogP contribution in [0.1, 0.15) is 0 Å². The van der Waals surface area contributed by atoms with E-state index in [1.807, 2.05) is 0 Å². The van der Waals surface area contributed by atoms with Gasteiger partial charge in [-0.1, -0.05) is 12.6 Å². The number of hydrogen-bond donors (Lipinski definition) is 1. The Morgan fingerprint density at radius 2 is 1.00 bits per heavy atom. The van der Waals surface area contributed by atoms with Gasteiger partial charge in [0.25, 0.3) is 0 Å². The number of hydrogen-bond acceptors (Lipinski definition) is 2. The Morgan fingerprint density at radius 3 is 1.00 bits per heavy atom. The summed E-state index contributed by atoms with van der Waals surface area (Å²) in [4.78, 5) is 0. The normalized spacial score (nSPS) is 1.14. The SMILES string of the molecule is N#CS.O.O.O.O. The van der Waals surface area contributed by atoms with Gasteiger partial charge in [0.15, 0.2) is 0 Å². The molecule has 48 valence electrons. The zero-order valence-corrected chi connectivity index (χ0v) is 4.29. The molecule has 0 aliphatic carbocycles. The van der Waals surface area contributed by atoms with Gasteiger partial charge in [0.1, 0.15) is 5.40 Å². The second-order valence-corrected chi connectivity index (χ2v) is 0.300. The highest BCUT2D eigenvalue weighted by Crippen LogP contribution is 1.46. The Morgan fingerprint density at radius 1 is 1.00 bits per heavy atom. The van der Waals surface area contributed by atoms with Crippen molar-refractivity contribution in [1.82, 2.24) is 0 Å². The van der Waals surface area contributed by atoms with E-state index in [4.69, 9.17) is 5.26 Å². The zero-order chi connectivity index (χ0) is 2.71. The maximum absolute atomic E-state index is 7.18. The van der Waals surface area contributed by atoms with Crippen molar-refractivity contribution in [3.05, 3.63) is 0 Å². The van der Waals surface area contributed by atoms with Crippen molar-refractivity contribution >= 4 is 12.6 Å². The molecular weight excluding hydrogens is 122 g/mol. The molecule has 0 amide bonds. The number of nitrogens with zero attached hydrogens (tertiary/aromatic N) is 1. The third kappa shape index (κ3) is 751. The molecule has 0 spiro atoms. The monoisotopic (exact) mass is 131 g/mol. The summed E-state index contributed by atoms with van der Waals surface area (Å²) in [5.41, 5.74) is 0. The summed E-state index contributed by atoms with van der Waals surface area (Å²) >= 11 is 3.09. The van der Waals surface area contributed by atoms with E-state index in [2.05, 4.69) is 12.6 Å². The fourth-order valence-corrected chi connectivity index (χ4v) is 0. The van der Waals surface area contributed by atoms with E-state index in [9.17, 15) is 0 Å². The fourth-order valence-electron chi connectivity index (χ4n) is 0. The predicted octanol–water partition coefficient (Wildman–Crippen LogP) is -2.90. The molecule has 6 heteroatoms. The first-order chi connectivity index (χ1) is 1.41. The van der Waals surface area contributed by atoms with Gasteiger partial charge >= 0.3 is 0 Å². The first-order valence-corrected chi connectivity index (χ1v) is 0.894. The van der Waals surface area contributed by atoms with E-state index in [0.717, 1.165) is 0 Å². The Hall–Kier alpha value is -0.320. The fraction of sp³-hybridized carbons (Fsp3) is 0. The largest absolute Gasteiger partial charge is 0.412 e. The number of nitriles is 1. The lowest BCUT2D eigenvalue weighted by Crippen LogP contribution is -0.961. The van der Waals surface area contributed by atoms with Crippen LogP contribution in [0.5, 0.6) is 0 Å². The van der Waals surface area contributed by atoms with Gasteiger partial charge in [-0.3, -0.25) is 0 Å². The highest BCUT2D eigenvalue weighted by molar-refractivity contribution is 7.85. The van der Waals surface area contributed by atoms with E-state index in [1.165, 1.54) is 5.40 Å². The van der Waals surface area contributed by atoms with Gasteiger partial charge in [0, 0.05) is 0 Å². The zero-order valence-electron chi connectivity index (χ0n) is 3.39. The topological polar surface area (TPSA) is 150 Å². The van der Waals surface area contributed by atoms with Crippen molar-refractivity contribution < 1.29 is 21.9 Å². The maximum atomic E-state index is 7.18. The summed E-state index contributed by atoms with van der Waals surface area (Å²) in [6, 6.07) is 0. The Kier molecular flexibility index (Phi) is 2930. The summed E-state index contributed by atoms with van der Waals surface area (Å²) in [7, 11) is 0. The summed E-state index contributed by atoms with van der Waals surface area (Å²) < 4.78 is 0. The first kappa shape index (κ1) is 76.4. The molecule has 8 N–H and O–H groups in total. The molecule has 0 aromatic heterocycles. The number of rotatable bonds is 0. The van der Waals surface area contributed by atoms with Crippen LogP contribution in [0.3, 0.4) is 0 Å². The first-order valence-electron chi connectivity index (χ1n) is 0.447. The Bertz CT molecular complexity index is 33.2. The highest BCUT2D eigenvalue weighted by atomic mass is 32.1. The van der Waals surface area contributed by atoms with E-state index in [0.29, 0.717) is 0 Å². The van der Waals surface area contributed by atoms with Crippen LogP contribution < -0.4 is 0 Å². The van der Waals surface area contributed by atoms with E-state index in [-0.39, 0.29) is 21.9 Å². The molecule has 7 heavy (non-hydrogen) atoms. The summed E-state index contributed by atoms with van der Waals surface area (Å²) in [5.74, 6) is 0. The van der Waals surface area contributed by atoms with Crippen molar-refractivity contribution in [1.29, 1.82) is 5.26 Å². The quantitative estimate of drug-likeness (QED) is 0.272. The standard InChI is InChI=1S/CHNS.4H2O/c2-1-3;;;;/h3H;4*1H2. The lowest BCUT2D eigenvalue weighted by Gasteiger charge is -1.14. The summed E-state index contributed by atoms with van der Waals surface area (Å²) in [6.07, 6.45) is 0. The third-order valence-electron chi connectivity index (χ3n) is 0. The molecule has 0 unspecified atom stereocenters. The average Bonchev–Trinajstić information content (AvgIpc) is 0.918. The molecule has 0 bridgehead atoms. The summed E-state index contributed by atoms with van der Waals surface area (Å²) in [6.45, 7) is 0. The van der Waals surface area contributed by atoms with Gasteiger partial charge < -0.3 is 21.9 Å². The average molecular weight is 131 g/mol. The number of thiol groups is 1. The molecule has 0 saturated carbocycles. The minimum Gasteiger partial charge on any atom is -0.412 e. The minimum absolute atomic E-state index is 0. The van der Waals surface area contributed by atoms with Crippen LogP contribution in [0.2, 0.25) is 0 Å². The van der Waals surface area contributed by atoms with E-state index in [1.54, 1.807) is 0 Å². The van der Waals surface area contributed by atoms with Crippen LogP contribution in [-0.4, -0.2) is 21.9 Å². The van der Waals surface area contributed by atoms with Crippen molar-refractivity contribution in [2.24, 2.45) is 0 Å². The Labute approximate surface area is 46.2 Å². The third-order valence-corrected chi connectivity index (χ3v) is 0. The molecular formula is CH9NO4S. The molecule has 0 aliphatic heterocycles. The lowest BCUT2D eigenvalue weighted by molar-refractivity contribution is 0.823. The van der Waals surface area contributed by atoms with Gasteiger partial charge in [-0.05, 0) is 0 Å². The molecule has 0 atom stereocenters. The smallest absolute Gasteiger partial charge is 0.130 e. The van der Waals surface area contributed by atoms with Gasteiger partial charge in [-0.25, -0.2) is 0 Å². The molecule has 0 heterocycles. The number of thiocyanates is 1. The molecule has 0 radical (unpaired) electrons. The highest BCUT2D eigenvalue weighted by Gasteiger charge is 1.18. The van der Waals surface area contributed by atoms with Crippen LogP contribution in [-0.2, 0) is 0 Å². The minimum atomic E-state index is 0. The van der Waals surface area contributed by atoms with Crippen LogP contribution in [0.4, 0.5) is 0 Å². The van der Waals surface area contributed by atoms with Gasteiger partial charge in [0.2, 0.25) is 0 Å². The van der Waals surface area contributed by atoms with Gasteiger partial charge in [-0.15, -0.1) is 0 Å². The van der Waals surface area contributed by atoms with Crippen LogP contribution in [0, 0.1) is 10.7 Å². The van der Waals surface area contributed by atoms with Crippen molar-refractivity contribution in [2.45, 2.75) is 0 Å². The second-order valence-electron chi connectivity index (χ2n) is 0.100. The van der Waals surface area contributed by atoms with Crippen LogP contribution >= 0.6 is 12.6 Å². The van der Waals surface area contributed by atoms with Crippen LogP contribution in [0.15, 0.2) is 0 Å². The molecule has 0 aromatic carbocycles. The Balaban J connectivity index is -0.00000000333. The van der Waals surface area contributed by atoms with Crippen molar-refractivity contribution in [2.75, 3.05) is 0 Å².